The predicted octanol–water partition coefficient (Wildman–Crippen LogP) is 5.03. The van der Waals surface area contributed by atoms with E-state index in [0.29, 0.717) is 10.6 Å². The molecule has 0 saturated carbocycles. The summed E-state index contributed by atoms with van der Waals surface area (Å²) in [5, 5.41) is 3.88. The SMILES string of the molecule is CC(NC(C)c1cccc(F)c1F)c1ccccc1Cl. The first-order valence-corrected chi connectivity index (χ1v) is 6.83. The van der Waals surface area contributed by atoms with Gasteiger partial charge in [0, 0.05) is 22.7 Å². The van der Waals surface area contributed by atoms with Crippen LogP contribution in [0.3, 0.4) is 0 Å². The molecular formula is C16H16ClF2N. The average Bonchev–Trinajstić information content (AvgIpc) is 2.42. The molecule has 0 aromatic heterocycles. The Morgan fingerprint density at radius 2 is 1.50 bits per heavy atom. The van der Waals surface area contributed by atoms with Crippen molar-refractivity contribution in [1.82, 2.24) is 5.32 Å². The first-order valence-electron chi connectivity index (χ1n) is 6.45. The van der Waals surface area contributed by atoms with Gasteiger partial charge in [0.25, 0.3) is 0 Å². The molecule has 0 aliphatic carbocycles. The van der Waals surface area contributed by atoms with E-state index in [9.17, 15) is 8.78 Å². The minimum absolute atomic E-state index is 0.0682. The molecule has 2 rings (SSSR count). The number of rotatable bonds is 4. The Morgan fingerprint density at radius 1 is 0.900 bits per heavy atom. The van der Waals surface area contributed by atoms with Crippen LogP contribution in [0.5, 0.6) is 0 Å². The van der Waals surface area contributed by atoms with Crippen molar-refractivity contribution in [1.29, 1.82) is 0 Å². The highest BCUT2D eigenvalue weighted by Crippen LogP contribution is 2.26. The molecular weight excluding hydrogens is 280 g/mol. The third-order valence-corrected chi connectivity index (χ3v) is 3.66. The summed E-state index contributed by atoms with van der Waals surface area (Å²) in [5.74, 6) is -1.64. The zero-order chi connectivity index (χ0) is 14.7. The van der Waals surface area contributed by atoms with Crippen molar-refractivity contribution in [2.75, 3.05) is 0 Å². The van der Waals surface area contributed by atoms with Gasteiger partial charge >= 0.3 is 0 Å². The van der Waals surface area contributed by atoms with Crippen LogP contribution in [-0.2, 0) is 0 Å². The Hall–Kier alpha value is -1.45. The molecule has 2 aromatic rings. The number of hydrogen-bond acceptors (Lipinski definition) is 1. The zero-order valence-electron chi connectivity index (χ0n) is 11.3. The van der Waals surface area contributed by atoms with Crippen LogP contribution in [-0.4, -0.2) is 0 Å². The summed E-state index contributed by atoms with van der Waals surface area (Å²) < 4.78 is 27.0. The van der Waals surface area contributed by atoms with E-state index in [1.54, 1.807) is 13.0 Å². The van der Waals surface area contributed by atoms with Crippen molar-refractivity contribution in [3.05, 3.63) is 70.2 Å². The molecule has 0 aliphatic rings. The van der Waals surface area contributed by atoms with Gasteiger partial charge in [0.15, 0.2) is 11.6 Å². The quantitative estimate of drug-likeness (QED) is 0.834. The standard InChI is InChI=1S/C16H16ClF2N/c1-10(12-6-3-4-8-14(12)17)20-11(2)13-7-5-9-15(18)16(13)19/h3-11,20H,1-2H3. The molecule has 1 nitrogen and oxygen atoms in total. The molecule has 2 atom stereocenters. The van der Waals surface area contributed by atoms with Gasteiger partial charge in [-0.05, 0) is 31.5 Å². The van der Waals surface area contributed by atoms with E-state index in [4.69, 9.17) is 11.6 Å². The molecule has 0 radical (unpaired) electrons. The fourth-order valence-corrected chi connectivity index (χ4v) is 2.54. The second-order valence-corrected chi connectivity index (χ2v) is 5.18. The summed E-state index contributed by atoms with van der Waals surface area (Å²) in [5.41, 5.74) is 1.24. The molecule has 0 amide bonds. The Labute approximate surface area is 122 Å². The first kappa shape index (κ1) is 14.9. The van der Waals surface area contributed by atoms with E-state index < -0.39 is 11.6 Å². The van der Waals surface area contributed by atoms with E-state index in [1.165, 1.54) is 6.07 Å². The smallest absolute Gasteiger partial charge is 0.163 e. The predicted molar refractivity (Wildman–Crippen MR) is 77.8 cm³/mol. The van der Waals surface area contributed by atoms with Crippen molar-refractivity contribution in [3.8, 4) is 0 Å². The van der Waals surface area contributed by atoms with Crippen LogP contribution in [0, 0.1) is 11.6 Å². The van der Waals surface area contributed by atoms with Crippen LogP contribution in [0.4, 0.5) is 8.78 Å². The van der Waals surface area contributed by atoms with Gasteiger partial charge in [0.1, 0.15) is 0 Å². The normalized spacial score (nSPS) is 14.1. The topological polar surface area (TPSA) is 12.0 Å². The van der Waals surface area contributed by atoms with Crippen LogP contribution in [0.2, 0.25) is 5.02 Å². The lowest BCUT2D eigenvalue weighted by Gasteiger charge is -2.22. The second kappa shape index (κ2) is 6.33. The molecule has 0 spiro atoms. The number of halogens is 3. The van der Waals surface area contributed by atoms with E-state index in [2.05, 4.69) is 5.32 Å². The van der Waals surface area contributed by atoms with Crippen molar-refractivity contribution in [2.45, 2.75) is 25.9 Å². The van der Waals surface area contributed by atoms with Gasteiger partial charge < -0.3 is 5.32 Å². The van der Waals surface area contributed by atoms with Crippen LogP contribution in [0.25, 0.3) is 0 Å². The Balaban J connectivity index is 2.17. The monoisotopic (exact) mass is 295 g/mol. The third kappa shape index (κ3) is 3.17. The summed E-state index contributed by atoms with van der Waals surface area (Å²) in [6.07, 6.45) is 0. The number of hydrogen-bond donors (Lipinski definition) is 1. The Kier molecular flexibility index (Phi) is 4.73. The van der Waals surface area contributed by atoms with Gasteiger partial charge in [-0.3, -0.25) is 0 Å². The summed E-state index contributed by atoms with van der Waals surface area (Å²) in [6, 6.07) is 11.3. The molecule has 1 N–H and O–H groups in total. The maximum absolute atomic E-state index is 13.7. The molecule has 106 valence electrons. The van der Waals surface area contributed by atoms with Crippen molar-refractivity contribution >= 4 is 11.6 Å². The molecule has 0 fully saturated rings. The van der Waals surface area contributed by atoms with Crippen molar-refractivity contribution in [2.24, 2.45) is 0 Å². The highest BCUT2D eigenvalue weighted by molar-refractivity contribution is 6.31. The molecule has 2 aromatic carbocycles. The molecule has 2 unspecified atom stereocenters. The molecule has 0 saturated heterocycles. The Morgan fingerprint density at radius 3 is 2.20 bits per heavy atom. The summed E-state index contributed by atoms with van der Waals surface area (Å²) >= 11 is 6.13. The summed E-state index contributed by atoms with van der Waals surface area (Å²) in [6.45, 7) is 3.74. The third-order valence-electron chi connectivity index (χ3n) is 3.32. The van der Waals surface area contributed by atoms with E-state index >= 15 is 0 Å². The fraction of sp³-hybridized carbons (Fsp3) is 0.250. The lowest BCUT2D eigenvalue weighted by Crippen LogP contribution is -2.23. The minimum atomic E-state index is -0.832. The molecule has 4 heteroatoms. The number of benzene rings is 2. The van der Waals surface area contributed by atoms with Gasteiger partial charge in [-0.15, -0.1) is 0 Å². The summed E-state index contributed by atoms with van der Waals surface area (Å²) in [4.78, 5) is 0. The van der Waals surface area contributed by atoms with Crippen LogP contribution >= 0.6 is 11.6 Å². The van der Waals surface area contributed by atoms with Gasteiger partial charge in [-0.25, -0.2) is 8.78 Å². The van der Waals surface area contributed by atoms with Gasteiger partial charge in [-0.1, -0.05) is 41.9 Å². The fourth-order valence-electron chi connectivity index (χ4n) is 2.24. The van der Waals surface area contributed by atoms with Crippen LogP contribution < -0.4 is 5.32 Å². The average molecular weight is 296 g/mol. The van der Waals surface area contributed by atoms with Crippen molar-refractivity contribution in [3.63, 3.8) is 0 Å². The van der Waals surface area contributed by atoms with Gasteiger partial charge in [-0.2, -0.15) is 0 Å². The Bertz CT molecular complexity index is 601. The zero-order valence-corrected chi connectivity index (χ0v) is 12.1. The lowest BCUT2D eigenvalue weighted by molar-refractivity contribution is 0.449. The highest BCUT2D eigenvalue weighted by atomic mass is 35.5. The lowest BCUT2D eigenvalue weighted by atomic mass is 10.0. The van der Waals surface area contributed by atoms with Crippen molar-refractivity contribution < 1.29 is 8.78 Å². The van der Waals surface area contributed by atoms with E-state index in [0.717, 1.165) is 11.6 Å². The second-order valence-electron chi connectivity index (χ2n) is 4.77. The molecule has 0 bridgehead atoms. The molecule has 0 aliphatic heterocycles. The van der Waals surface area contributed by atoms with E-state index in [1.807, 2.05) is 31.2 Å². The first-order chi connectivity index (χ1) is 9.50. The van der Waals surface area contributed by atoms with Crippen LogP contribution in [0.1, 0.15) is 37.1 Å². The minimum Gasteiger partial charge on any atom is -0.303 e. The maximum Gasteiger partial charge on any atom is 0.163 e. The molecule has 0 heterocycles. The van der Waals surface area contributed by atoms with Gasteiger partial charge in [0.05, 0.1) is 0 Å². The summed E-state index contributed by atoms with van der Waals surface area (Å²) in [7, 11) is 0. The highest BCUT2D eigenvalue weighted by Gasteiger charge is 2.17. The largest absolute Gasteiger partial charge is 0.303 e. The van der Waals surface area contributed by atoms with E-state index in [-0.39, 0.29) is 12.1 Å². The molecule has 20 heavy (non-hydrogen) atoms. The maximum atomic E-state index is 13.7. The number of nitrogens with one attached hydrogen (secondary N) is 1. The van der Waals surface area contributed by atoms with Gasteiger partial charge in [0.2, 0.25) is 0 Å². The van der Waals surface area contributed by atoms with Crippen LogP contribution in [0.15, 0.2) is 42.5 Å².